The predicted molar refractivity (Wildman–Crippen MR) is 109 cm³/mol. The fourth-order valence-corrected chi connectivity index (χ4v) is 2.61. The number of urea groups is 1. The standard InChI is InChI=1S/C19H22N4O5S/c1-4-27-15(24)10-12-6-8-13(9-7-12)21-18(26)22-16-14(17(25)28-5-2)11-20-19(23-16)29-3/h6-9,11H,4-5,10H2,1-3H3,(H2,20,21,22,23,26). The Morgan fingerprint density at radius 1 is 1.03 bits per heavy atom. The van der Waals surface area contributed by atoms with Crippen molar-refractivity contribution in [2.45, 2.75) is 25.4 Å². The van der Waals surface area contributed by atoms with E-state index in [9.17, 15) is 14.4 Å². The number of rotatable bonds is 8. The number of thioether (sulfide) groups is 1. The number of anilines is 2. The lowest BCUT2D eigenvalue weighted by atomic mass is 10.1. The molecule has 0 aliphatic heterocycles. The number of ether oxygens (including phenoxy) is 2. The highest BCUT2D eigenvalue weighted by Gasteiger charge is 2.18. The quantitative estimate of drug-likeness (QED) is 0.381. The number of aromatic nitrogens is 2. The molecule has 1 heterocycles. The molecule has 0 bridgehead atoms. The first-order valence-corrected chi connectivity index (χ1v) is 10.1. The second-order valence-electron chi connectivity index (χ2n) is 5.60. The van der Waals surface area contributed by atoms with Crippen LogP contribution in [0.4, 0.5) is 16.3 Å². The van der Waals surface area contributed by atoms with E-state index in [1.165, 1.54) is 18.0 Å². The highest BCUT2D eigenvalue weighted by atomic mass is 32.2. The first kappa shape index (κ1) is 22.2. The van der Waals surface area contributed by atoms with Crippen molar-refractivity contribution < 1.29 is 23.9 Å². The molecule has 2 amide bonds. The van der Waals surface area contributed by atoms with E-state index in [0.29, 0.717) is 17.5 Å². The zero-order chi connectivity index (χ0) is 21.2. The Balaban J connectivity index is 2.06. The van der Waals surface area contributed by atoms with Crippen LogP contribution < -0.4 is 10.6 Å². The van der Waals surface area contributed by atoms with Gasteiger partial charge in [-0.05, 0) is 37.8 Å². The SMILES string of the molecule is CCOC(=O)Cc1ccc(NC(=O)Nc2nc(SC)ncc2C(=O)OCC)cc1. The molecule has 1 aromatic carbocycles. The monoisotopic (exact) mass is 418 g/mol. The molecule has 0 radical (unpaired) electrons. The first-order valence-electron chi connectivity index (χ1n) is 8.87. The zero-order valence-electron chi connectivity index (χ0n) is 16.4. The van der Waals surface area contributed by atoms with Crippen LogP contribution in [0.1, 0.15) is 29.8 Å². The fraction of sp³-hybridized carbons (Fsp3) is 0.316. The number of hydrogen-bond donors (Lipinski definition) is 2. The van der Waals surface area contributed by atoms with Crippen LogP contribution in [0.15, 0.2) is 35.6 Å². The lowest BCUT2D eigenvalue weighted by Gasteiger charge is -2.11. The Morgan fingerprint density at radius 2 is 1.72 bits per heavy atom. The van der Waals surface area contributed by atoms with Gasteiger partial charge in [0.1, 0.15) is 5.56 Å². The van der Waals surface area contributed by atoms with Crippen molar-refractivity contribution in [2.75, 3.05) is 30.1 Å². The summed E-state index contributed by atoms with van der Waals surface area (Å²) in [5, 5.41) is 5.59. The minimum Gasteiger partial charge on any atom is -0.466 e. The van der Waals surface area contributed by atoms with E-state index in [-0.39, 0.29) is 30.4 Å². The molecule has 1 aromatic heterocycles. The molecular weight excluding hydrogens is 396 g/mol. The molecule has 9 nitrogen and oxygen atoms in total. The number of esters is 2. The van der Waals surface area contributed by atoms with E-state index >= 15 is 0 Å². The van der Waals surface area contributed by atoms with E-state index in [1.54, 1.807) is 44.4 Å². The van der Waals surface area contributed by atoms with Gasteiger partial charge in [-0.1, -0.05) is 23.9 Å². The molecule has 0 aliphatic rings. The number of benzene rings is 1. The minimum absolute atomic E-state index is 0.0548. The summed E-state index contributed by atoms with van der Waals surface area (Å²) in [4.78, 5) is 44.1. The van der Waals surface area contributed by atoms with Crippen LogP contribution in [0.3, 0.4) is 0 Å². The molecule has 2 N–H and O–H groups in total. The smallest absolute Gasteiger partial charge is 0.343 e. The molecule has 2 aromatic rings. The van der Waals surface area contributed by atoms with Crippen molar-refractivity contribution in [3.8, 4) is 0 Å². The lowest BCUT2D eigenvalue weighted by Crippen LogP contribution is -2.22. The zero-order valence-corrected chi connectivity index (χ0v) is 17.2. The summed E-state index contributed by atoms with van der Waals surface area (Å²) in [6.45, 7) is 3.94. The maximum absolute atomic E-state index is 12.3. The van der Waals surface area contributed by atoms with Gasteiger partial charge in [0.2, 0.25) is 0 Å². The highest BCUT2D eigenvalue weighted by Crippen LogP contribution is 2.18. The van der Waals surface area contributed by atoms with Crippen molar-refractivity contribution >= 4 is 41.2 Å². The molecule has 10 heteroatoms. The highest BCUT2D eigenvalue weighted by molar-refractivity contribution is 7.98. The topological polar surface area (TPSA) is 120 Å². The third kappa shape index (κ3) is 6.75. The molecule has 0 aliphatic carbocycles. The molecule has 0 saturated heterocycles. The van der Waals surface area contributed by atoms with Gasteiger partial charge in [-0.2, -0.15) is 0 Å². The summed E-state index contributed by atoms with van der Waals surface area (Å²) in [7, 11) is 0. The lowest BCUT2D eigenvalue weighted by molar-refractivity contribution is -0.142. The molecular formula is C19H22N4O5S. The number of hydrogen-bond acceptors (Lipinski definition) is 8. The molecule has 0 saturated carbocycles. The average Bonchev–Trinajstić information content (AvgIpc) is 2.69. The summed E-state index contributed by atoms with van der Waals surface area (Å²) in [6, 6.07) is 6.17. The molecule has 29 heavy (non-hydrogen) atoms. The van der Waals surface area contributed by atoms with Crippen molar-refractivity contribution in [1.29, 1.82) is 0 Å². The van der Waals surface area contributed by atoms with Gasteiger partial charge in [0.15, 0.2) is 11.0 Å². The van der Waals surface area contributed by atoms with Gasteiger partial charge >= 0.3 is 18.0 Å². The Bertz CT molecular complexity index is 873. The second-order valence-corrected chi connectivity index (χ2v) is 6.37. The van der Waals surface area contributed by atoms with Crippen LogP contribution in [0.5, 0.6) is 0 Å². The summed E-state index contributed by atoms with van der Waals surface area (Å²) in [5.41, 5.74) is 1.33. The molecule has 0 spiro atoms. The number of nitrogens with zero attached hydrogens (tertiary/aromatic N) is 2. The Morgan fingerprint density at radius 3 is 2.34 bits per heavy atom. The van der Waals surface area contributed by atoms with Gasteiger partial charge in [-0.15, -0.1) is 0 Å². The van der Waals surface area contributed by atoms with E-state index in [1.807, 2.05) is 0 Å². The van der Waals surface area contributed by atoms with Crippen molar-refractivity contribution in [3.63, 3.8) is 0 Å². The van der Waals surface area contributed by atoms with Crippen LogP contribution in [0.25, 0.3) is 0 Å². The van der Waals surface area contributed by atoms with E-state index in [0.717, 1.165) is 5.56 Å². The molecule has 0 atom stereocenters. The minimum atomic E-state index is -0.626. The molecule has 2 rings (SSSR count). The summed E-state index contributed by atoms with van der Waals surface area (Å²) < 4.78 is 9.87. The third-order valence-electron chi connectivity index (χ3n) is 3.54. The van der Waals surface area contributed by atoms with Crippen molar-refractivity contribution in [3.05, 3.63) is 41.6 Å². The predicted octanol–water partition coefficient (Wildman–Crippen LogP) is 3.12. The van der Waals surface area contributed by atoms with Gasteiger partial charge in [-0.25, -0.2) is 19.6 Å². The summed E-state index contributed by atoms with van der Waals surface area (Å²) in [6.07, 6.45) is 3.25. The van der Waals surface area contributed by atoms with Gasteiger partial charge in [-0.3, -0.25) is 10.1 Å². The van der Waals surface area contributed by atoms with Gasteiger partial charge in [0.05, 0.1) is 19.6 Å². The number of amides is 2. The van der Waals surface area contributed by atoms with E-state index < -0.39 is 12.0 Å². The summed E-state index contributed by atoms with van der Waals surface area (Å²) >= 11 is 1.27. The van der Waals surface area contributed by atoms with E-state index in [2.05, 4.69) is 20.6 Å². The van der Waals surface area contributed by atoms with Crippen LogP contribution in [-0.2, 0) is 20.7 Å². The fourth-order valence-electron chi connectivity index (χ4n) is 2.27. The summed E-state index contributed by atoms with van der Waals surface area (Å²) in [5.74, 6) is -0.885. The maximum Gasteiger partial charge on any atom is 0.343 e. The van der Waals surface area contributed by atoms with E-state index in [4.69, 9.17) is 9.47 Å². The number of nitrogens with one attached hydrogen (secondary N) is 2. The largest absolute Gasteiger partial charge is 0.466 e. The first-order chi connectivity index (χ1) is 14.0. The average molecular weight is 418 g/mol. The molecule has 0 fully saturated rings. The van der Waals surface area contributed by atoms with Gasteiger partial charge in [0.25, 0.3) is 0 Å². The second kappa shape index (κ2) is 11.0. The van der Waals surface area contributed by atoms with Gasteiger partial charge < -0.3 is 14.8 Å². The Labute approximate surface area is 172 Å². The van der Waals surface area contributed by atoms with Crippen LogP contribution in [0, 0.1) is 0 Å². The van der Waals surface area contributed by atoms with Crippen LogP contribution in [0.2, 0.25) is 0 Å². The maximum atomic E-state index is 12.3. The van der Waals surface area contributed by atoms with Gasteiger partial charge in [0, 0.05) is 11.9 Å². The molecule has 154 valence electrons. The van der Waals surface area contributed by atoms with Crippen LogP contribution in [-0.4, -0.2) is 47.4 Å². The van der Waals surface area contributed by atoms with Crippen molar-refractivity contribution in [2.24, 2.45) is 0 Å². The Hall–Kier alpha value is -3.14. The Kier molecular flexibility index (Phi) is 8.41. The number of carbonyl (C=O) groups excluding carboxylic acids is 3. The normalized spacial score (nSPS) is 10.2. The third-order valence-corrected chi connectivity index (χ3v) is 4.10. The van der Waals surface area contributed by atoms with Crippen LogP contribution >= 0.6 is 11.8 Å². The van der Waals surface area contributed by atoms with Crippen molar-refractivity contribution in [1.82, 2.24) is 9.97 Å². The number of carbonyl (C=O) groups is 3. The molecule has 0 unspecified atom stereocenters.